The minimum atomic E-state index is -1.06. The molecule has 0 unspecified atom stereocenters. The second kappa shape index (κ2) is 6.00. The summed E-state index contributed by atoms with van der Waals surface area (Å²) in [5, 5.41) is 9.18. The Kier molecular flexibility index (Phi) is 4.34. The number of carboxylic acids is 1. The van der Waals surface area contributed by atoms with Crippen molar-refractivity contribution in [2.45, 2.75) is 19.8 Å². The lowest BCUT2D eigenvalue weighted by atomic mass is 10.1. The number of halogens is 1. The third-order valence-corrected chi connectivity index (χ3v) is 3.13. The van der Waals surface area contributed by atoms with Gasteiger partial charge in [0.15, 0.2) is 0 Å². The molecule has 0 fully saturated rings. The Balaban J connectivity index is 2.35. The minimum Gasteiger partial charge on any atom is -0.478 e. The Morgan fingerprint density at radius 3 is 2.70 bits per heavy atom. The summed E-state index contributed by atoms with van der Waals surface area (Å²) in [4.78, 5) is 19.3. The summed E-state index contributed by atoms with van der Waals surface area (Å²) in [5.41, 5.74) is 0.910. The number of carboxylic acid groups (broad SMARTS) is 1. The van der Waals surface area contributed by atoms with Gasteiger partial charge < -0.3 is 9.84 Å². The summed E-state index contributed by atoms with van der Waals surface area (Å²) < 4.78 is 6.24. The van der Waals surface area contributed by atoms with Crippen molar-refractivity contribution in [3.05, 3.63) is 46.3 Å². The first-order chi connectivity index (χ1) is 9.47. The molecule has 0 aliphatic rings. The van der Waals surface area contributed by atoms with E-state index in [9.17, 15) is 9.90 Å². The van der Waals surface area contributed by atoms with Gasteiger partial charge in [-0.2, -0.15) is 0 Å². The fourth-order valence-corrected chi connectivity index (χ4v) is 1.96. The molecule has 20 heavy (non-hydrogen) atoms. The highest BCUT2D eigenvalue weighted by Gasteiger charge is 2.14. The summed E-state index contributed by atoms with van der Waals surface area (Å²) in [6, 6.07) is 6.50. The van der Waals surface area contributed by atoms with E-state index in [2.05, 4.69) is 25.9 Å². The predicted octanol–water partition coefficient (Wildman–Crippen LogP) is 3.85. The van der Waals surface area contributed by atoms with Crippen LogP contribution in [0.25, 0.3) is 0 Å². The Bertz CT molecular complexity index is 644. The SMILES string of the molecule is CC(C)c1cc(Oc2ccc(Br)cc2C(=O)O)ncn1. The van der Waals surface area contributed by atoms with Gasteiger partial charge >= 0.3 is 5.97 Å². The summed E-state index contributed by atoms with van der Waals surface area (Å²) in [6.45, 7) is 4.02. The monoisotopic (exact) mass is 336 g/mol. The van der Waals surface area contributed by atoms with Crippen molar-refractivity contribution < 1.29 is 14.6 Å². The summed E-state index contributed by atoms with van der Waals surface area (Å²) in [7, 11) is 0. The highest BCUT2D eigenvalue weighted by atomic mass is 79.9. The van der Waals surface area contributed by atoms with Crippen LogP contribution < -0.4 is 4.74 Å². The van der Waals surface area contributed by atoms with Gasteiger partial charge in [-0.3, -0.25) is 0 Å². The zero-order chi connectivity index (χ0) is 14.7. The quantitative estimate of drug-likeness (QED) is 0.917. The fraction of sp³-hybridized carbons (Fsp3) is 0.214. The molecule has 1 aromatic carbocycles. The number of carbonyl (C=O) groups is 1. The Morgan fingerprint density at radius 2 is 2.05 bits per heavy atom. The topological polar surface area (TPSA) is 72.3 Å². The van der Waals surface area contributed by atoms with Gasteiger partial charge in [0.2, 0.25) is 5.88 Å². The first-order valence-electron chi connectivity index (χ1n) is 6.00. The van der Waals surface area contributed by atoms with Crippen molar-refractivity contribution in [3.8, 4) is 11.6 Å². The van der Waals surface area contributed by atoms with Crippen LogP contribution in [0.15, 0.2) is 35.1 Å². The molecule has 0 aliphatic carbocycles. The van der Waals surface area contributed by atoms with Crippen LogP contribution >= 0.6 is 15.9 Å². The molecular formula is C14H13BrN2O3. The van der Waals surface area contributed by atoms with Crippen LogP contribution in [0.3, 0.4) is 0 Å². The van der Waals surface area contributed by atoms with E-state index in [1.807, 2.05) is 13.8 Å². The normalized spacial score (nSPS) is 10.6. The van der Waals surface area contributed by atoms with Crippen LogP contribution in [-0.2, 0) is 0 Å². The van der Waals surface area contributed by atoms with Gasteiger partial charge in [0, 0.05) is 10.5 Å². The first kappa shape index (κ1) is 14.5. The molecule has 2 aromatic rings. The molecule has 0 saturated heterocycles. The molecule has 1 N–H and O–H groups in total. The Hall–Kier alpha value is -1.95. The second-order valence-electron chi connectivity index (χ2n) is 4.48. The van der Waals surface area contributed by atoms with Crippen molar-refractivity contribution in [1.29, 1.82) is 0 Å². The number of aromatic carboxylic acids is 1. The molecule has 1 heterocycles. The van der Waals surface area contributed by atoms with Gasteiger partial charge in [0.05, 0.1) is 5.69 Å². The molecule has 0 spiro atoms. The zero-order valence-electron chi connectivity index (χ0n) is 11.0. The molecule has 5 nitrogen and oxygen atoms in total. The lowest BCUT2D eigenvalue weighted by Crippen LogP contribution is -2.01. The van der Waals surface area contributed by atoms with E-state index in [-0.39, 0.29) is 17.2 Å². The van der Waals surface area contributed by atoms with Crippen LogP contribution in [0.1, 0.15) is 35.8 Å². The number of ether oxygens (including phenoxy) is 1. The molecular weight excluding hydrogens is 324 g/mol. The van der Waals surface area contributed by atoms with E-state index in [0.717, 1.165) is 5.69 Å². The number of rotatable bonds is 4. The van der Waals surface area contributed by atoms with Gasteiger partial charge in [-0.05, 0) is 24.1 Å². The molecule has 0 amide bonds. The van der Waals surface area contributed by atoms with Crippen molar-refractivity contribution in [1.82, 2.24) is 9.97 Å². The molecule has 2 rings (SSSR count). The smallest absolute Gasteiger partial charge is 0.339 e. The maximum Gasteiger partial charge on any atom is 0.339 e. The number of benzene rings is 1. The lowest BCUT2D eigenvalue weighted by Gasteiger charge is -2.10. The van der Waals surface area contributed by atoms with Crippen LogP contribution in [0.4, 0.5) is 0 Å². The van der Waals surface area contributed by atoms with Crippen molar-refractivity contribution in [3.63, 3.8) is 0 Å². The number of nitrogens with zero attached hydrogens (tertiary/aromatic N) is 2. The van der Waals surface area contributed by atoms with E-state index >= 15 is 0 Å². The largest absolute Gasteiger partial charge is 0.478 e. The average Bonchev–Trinajstić information content (AvgIpc) is 2.41. The van der Waals surface area contributed by atoms with Crippen molar-refractivity contribution >= 4 is 21.9 Å². The van der Waals surface area contributed by atoms with Crippen LogP contribution in [0, 0.1) is 0 Å². The van der Waals surface area contributed by atoms with Gasteiger partial charge in [0.1, 0.15) is 17.6 Å². The molecule has 0 bridgehead atoms. The van der Waals surface area contributed by atoms with Crippen LogP contribution in [0.2, 0.25) is 0 Å². The van der Waals surface area contributed by atoms with Crippen LogP contribution in [-0.4, -0.2) is 21.0 Å². The molecule has 1 aromatic heterocycles. The molecule has 0 saturated carbocycles. The maximum atomic E-state index is 11.2. The minimum absolute atomic E-state index is 0.0732. The standard InChI is InChI=1S/C14H13BrN2O3/c1-8(2)11-6-13(17-7-16-11)20-12-4-3-9(15)5-10(12)14(18)19/h3-8H,1-2H3,(H,18,19). The highest BCUT2D eigenvalue weighted by Crippen LogP contribution is 2.28. The highest BCUT2D eigenvalue weighted by molar-refractivity contribution is 9.10. The van der Waals surface area contributed by atoms with Gasteiger partial charge in [-0.1, -0.05) is 29.8 Å². The van der Waals surface area contributed by atoms with E-state index in [4.69, 9.17) is 4.74 Å². The summed E-state index contributed by atoms with van der Waals surface area (Å²) in [5.74, 6) is -0.244. The molecule has 0 atom stereocenters. The number of aromatic nitrogens is 2. The van der Waals surface area contributed by atoms with Crippen LogP contribution in [0.5, 0.6) is 11.6 Å². The Labute approximate surface area is 124 Å². The molecule has 0 aliphatic heterocycles. The number of hydrogen-bond acceptors (Lipinski definition) is 4. The predicted molar refractivity (Wildman–Crippen MR) is 77.3 cm³/mol. The van der Waals surface area contributed by atoms with Crippen molar-refractivity contribution in [2.75, 3.05) is 0 Å². The molecule has 0 radical (unpaired) electrons. The van der Waals surface area contributed by atoms with E-state index in [1.165, 1.54) is 12.4 Å². The molecule has 104 valence electrons. The second-order valence-corrected chi connectivity index (χ2v) is 5.40. The third kappa shape index (κ3) is 3.33. The zero-order valence-corrected chi connectivity index (χ0v) is 12.6. The summed E-state index contributed by atoms with van der Waals surface area (Å²) >= 11 is 3.24. The van der Waals surface area contributed by atoms with Crippen molar-refractivity contribution in [2.24, 2.45) is 0 Å². The lowest BCUT2D eigenvalue weighted by molar-refractivity contribution is 0.0694. The van der Waals surface area contributed by atoms with E-state index in [1.54, 1.807) is 18.2 Å². The van der Waals surface area contributed by atoms with E-state index in [0.29, 0.717) is 10.4 Å². The Morgan fingerprint density at radius 1 is 1.30 bits per heavy atom. The number of hydrogen-bond donors (Lipinski definition) is 1. The van der Waals surface area contributed by atoms with Gasteiger partial charge in [0.25, 0.3) is 0 Å². The van der Waals surface area contributed by atoms with Gasteiger partial charge in [-0.15, -0.1) is 0 Å². The maximum absolute atomic E-state index is 11.2. The fourth-order valence-electron chi connectivity index (χ4n) is 1.60. The summed E-state index contributed by atoms with van der Waals surface area (Å²) in [6.07, 6.45) is 1.41. The molecule has 6 heteroatoms. The average molecular weight is 337 g/mol. The van der Waals surface area contributed by atoms with E-state index < -0.39 is 5.97 Å². The first-order valence-corrected chi connectivity index (χ1v) is 6.79. The van der Waals surface area contributed by atoms with Gasteiger partial charge in [-0.25, -0.2) is 14.8 Å². The third-order valence-electron chi connectivity index (χ3n) is 2.64.